The molecule has 4 heteroatoms. The standard InChI is InChI=1S/C11H14ClNO2/c1-15-10-4-2-9(3-5-10)8-13-11(14)6-7-12/h2-5H,6-8H2,1H3,(H,13,14). The van der Waals surface area contributed by atoms with Gasteiger partial charge in [-0.2, -0.15) is 0 Å². The molecule has 3 nitrogen and oxygen atoms in total. The van der Waals surface area contributed by atoms with Crippen molar-refractivity contribution in [2.24, 2.45) is 0 Å². The van der Waals surface area contributed by atoms with Crippen LogP contribution < -0.4 is 10.1 Å². The van der Waals surface area contributed by atoms with Gasteiger partial charge in [0.25, 0.3) is 0 Å². The van der Waals surface area contributed by atoms with E-state index in [0.29, 0.717) is 18.8 Å². The molecule has 0 saturated heterocycles. The predicted octanol–water partition coefficient (Wildman–Crippen LogP) is 1.94. The summed E-state index contributed by atoms with van der Waals surface area (Å²) in [6, 6.07) is 7.56. The average Bonchev–Trinajstić information content (AvgIpc) is 2.27. The maximum Gasteiger partial charge on any atom is 0.221 e. The van der Waals surface area contributed by atoms with Gasteiger partial charge in [-0.3, -0.25) is 4.79 Å². The maximum absolute atomic E-state index is 11.1. The minimum atomic E-state index is -0.0270. The maximum atomic E-state index is 11.1. The van der Waals surface area contributed by atoms with E-state index in [2.05, 4.69) is 5.32 Å². The molecule has 1 amide bonds. The van der Waals surface area contributed by atoms with E-state index in [4.69, 9.17) is 16.3 Å². The number of ether oxygens (including phenoxy) is 1. The third-order valence-electron chi connectivity index (χ3n) is 1.97. The van der Waals surface area contributed by atoms with E-state index >= 15 is 0 Å². The molecule has 0 heterocycles. The molecule has 1 rings (SSSR count). The van der Waals surface area contributed by atoms with Crippen LogP contribution in [0.4, 0.5) is 0 Å². The number of amides is 1. The number of hydrogen-bond acceptors (Lipinski definition) is 2. The van der Waals surface area contributed by atoms with Gasteiger partial charge in [-0.1, -0.05) is 12.1 Å². The lowest BCUT2D eigenvalue weighted by Gasteiger charge is -2.05. The largest absolute Gasteiger partial charge is 0.497 e. The quantitative estimate of drug-likeness (QED) is 0.781. The molecule has 0 unspecified atom stereocenters. The van der Waals surface area contributed by atoms with Gasteiger partial charge in [0.05, 0.1) is 7.11 Å². The lowest BCUT2D eigenvalue weighted by atomic mass is 10.2. The molecule has 1 aromatic rings. The van der Waals surface area contributed by atoms with Crippen molar-refractivity contribution < 1.29 is 9.53 Å². The summed E-state index contributed by atoms with van der Waals surface area (Å²) in [7, 11) is 1.62. The summed E-state index contributed by atoms with van der Waals surface area (Å²) in [5.41, 5.74) is 1.04. The second-order valence-corrected chi connectivity index (χ2v) is 3.44. The van der Waals surface area contributed by atoms with Gasteiger partial charge in [0, 0.05) is 18.8 Å². The SMILES string of the molecule is COc1ccc(CNC(=O)CCCl)cc1. The monoisotopic (exact) mass is 227 g/mol. The van der Waals surface area contributed by atoms with Gasteiger partial charge in [-0.25, -0.2) is 0 Å². The highest BCUT2D eigenvalue weighted by Crippen LogP contribution is 2.10. The molecule has 0 fully saturated rings. The molecule has 0 aliphatic rings. The van der Waals surface area contributed by atoms with Crippen LogP contribution >= 0.6 is 11.6 Å². The van der Waals surface area contributed by atoms with Crippen molar-refractivity contribution in [3.63, 3.8) is 0 Å². The van der Waals surface area contributed by atoms with Gasteiger partial charge >= 0.3 is 0 Å². The fourth-order valence-corrected chi connectivity index (χ4v) is 1.29. The molecular weight excluding hydrogens is 214 g/mol. The van der Waals surface area contributed by atoms with Crippen molar-refractivity contribution in [1.82, 2.24) is 5.32 Å². The Morgan fingerprint density at radius 2 is 2.07 bits per heavy atom. The summed E-state index contributed by atoms with van der Waals surface area (Å²) in [6.07, 6.45) is 0.359. The number of methoxy groups -OCH3 is 1. The first-order valence-electron chi connectivity index (χ1n) is 4.72. The van der Waals surface area contributed by atoms with Crippen molar-refractivity contribution in [2.45, 2.75) is 13.0 Å². The third-order valence-corrected chi connectivity index (χ3v) is 2.16. The molecule has 0 aromatic heterocycles. The van der Waals surface area contributed by atoms with Gasteiger partial charge < -0.3 is 10.1 Å². The zero-order valence-electron chi connectivity index (χ0n) is 8.63. The van der Waals surface area contributed by atoms with Crippen LogP contribution in [0, 0.1) is 0 Å². The third kappa shape index (κ3) is 4.21. The number of rotatable bonds is 5. The van der Waals surface area contributed by atoms with Crippen molar-refractivity contribution in [2.75, 3.05) is 13.0 Å². The Balaban J connectivity index is 2.40. The first kappa shape index (κ1) is 11.9. The molecule has 1 aromatic carbocycles. The second-order valence-electron chi connectivity index (χ2n) is 3.06. The van der Waals surface area contributed by atoms with Gasteiger partial charge in [-0.05, 0) is 17.7 Å². The molecule has 0 bridgehead atoms. The van der Waals surface area contributed by atoms with Crippen LogP contribution in [-0.2, 0) is 11.3 Å². The van der Waals surface area contributed by atoms with Crippen LogP contribution in [0.25, 0.3) is 0 Å². The van der Waals surface area contributed by atoms with E-state index in [-0.39, 0.29) is 5.91 Å². The van der Waals surface area contributed by atoms with E-state index < -0.39 is 0 Å². The molecule has 0 radical (unpaired) electrons. The van der Waals surface area contributed by atoms with Crippen LogP contribution in [-0.4, -0.2) is 18.9 Å². The Morgan fingerprint density at radius 1 is 1.40 bits per heavy atom. The summed E-state index contributed by atoms with van der Waals surface area (Å²) in [5, 5.41) is 2.77. The number of hydrogen-bond donors (Lipinski definition) is 1. The Kier molecular flexibility index (Phi) is 4.98. The van der Waals surface area contributed by atoms with Crippen molar-refractivity contribution in [3.8, 4) is 5.75 Å². The summed E-state index contributed by atoms with van der Waals surface area (Å²) >= 11 is 5.44. The fraction of sp³-hybridized carbons (Fsp3) is 0.364. The van der Waals surface area contributed by atoms with Crippen LogP contribution in [0.2, 0.25) is 0 Å². The minimum Gasteiger partial charge on any atom is -0.497 e. The normalized spacial score (nSPS) is 9.73. The van der Waals surface area contributed by atoms with E-state index in [1.807, 2.05) is 24.3 Å². The first-order valence-corrected chi connectivity index (χ1v) is 5.25. The summed E-state index contributed by atoms with van der Waals surface area (Å²) in [5.74, 6) is 1.14. The topological polar surface area (TPSA) is 38.3 Å². The Labute approximate surface area is 94.4 Å². The molecular formula is C11H14ClNO2. The number of carbonyl (C=O) groups is 1. The molecule has 82 valence electrons. The fourth-order valence-electron chi connectivity index (χ4n) is 1.12. The highest BCUT2D eigenvalue weighted by molar-refractivity contribution is 6.18. The molecule has 15 heavy (non-hydrogen) atoms. The molecule has 0 spiro atoms. The molecule has 1 N–H and O–H groups in total. The summed E-state index contributed by atoms with van der Waals surface area (Å²) in [4.78, 5) is 11.1. The zero-order valence-corrected chi connectivity index (χ0v) is 9.38. The summed E-state index contributed by atoms with van der Waals surface area (Å²) in [6.45, 7) is 0.527. The number of carbonyl (C=O) groups excluding carboxylic acids is 1. The van der Waals surface area contributed by atoms with E-state index in [1.165, 1.54) is 0 Å². The minimum absolute atomic E-state index is 0.0270. The smallest absolute Gasteiger partial charge is 0.221 e. The molecule has 0 atom stereocenters. The van der Waals surface area contributed by atoms with Crippen LogP contribution in [0.15, 0.2) is 24.3 Å². The Morgan fingerprint density at radius 3 is 2.60 bits per heavy atom. The molecule has 0 aliphatic carbocycles. The molecule has 0 saturated carbocycles. The van der Waals surface area contributed by atoms with Gasteiger partial charge in [0.1, 0.15) is 5.75 Å². The van der Waals surface area contributed by atoms with Crippen LogP contribution in [0.5, 0.6) is 5.75 Å². The zero-order chi connectivity index (χ0) is 11.1. The van der Waals surface area contributed by atoms with Crippen LogP contribution in [0.3, 0.4) is 0 Å². The lowest BCUT2D eigenvalue weighted by Crippen LogP contribution is -2.22. The number of halogens is 1. The summed E-state index contributed by atoms with van der Waals surface area (Å²) < 4.78 is 5.03. The van der Waals surface area contributed by atoms with E-state index in [0.717, 1.165) is 11.3 Å². The Bertz CT molecular complexity index is 311. The van der Waals surface area contributed by atoms with Crippen LogP contribution in [0.1, 0.15) is 12.0 Å². The van der Waals surface area contributed by atoms with Crippen molar-refractivity contribution >= 4 is 17.5 Å². The lowest BCUT2D eigenvalue weighted by molar-refractivity contribution is -0.120. The highest BCUT2D eigenvalue weighted by atomic mass is 35.5. The van der Waals surface area contributed by atoms with Crippen molar-refractivity contribution in [3.05, 3.63) is 29.8 Å². The van der Waals surface area contributed by atoms with Gasteiger partial charge in [-0.15, -0.1) is 11.6 Å². The average molecular weight is 228 g/mol. The number of nitrogens with one attached hydrogen (secondary N) is 1. The van der Waals surface area contributed by atoms with Gasteiger partial charge in [0.15, 0.2) is 0 Å². The van der Waals surface area contributed by atoms with Crippen molar-refractivity contribution in [1.29, 1.82) is 0 Å². The van der Waals surface area contributed by atoms with Gasteiger partial charge in [0.2, 0.25) is 5.91 Å². The number of alkyl halides is 1. The number of benzene rings is 1. The Hall–Kier alpha value is -1.22. The second kappa shape index (κ2) is 6.30. The molecule has 0 aliphatic heterocycles. The van der Waals surface area contributed by atoms with E-state index in [1.54, 1.807) is 7.11 Å². The van der Waals surface area contributed by atoms with E-state index in [9.17, 15) is 4.79 Å². The predicted molar refractivity (Wildman–Crippen MR) is 60.2 cm³/mol. The highest BCUT2D eigenvalue weighted by Gasteiger charge is 1.99. The first-order chi connectivity index (χ1) is 7.26.